The van der Waals surface area contributed by atoms with E-state index in [9.17, 15) is 4.79 Å². The van der Waals surface area contributed by atoms with Crippen molar-refractivity contribution in [1.29, 1.82) is 0 Å². The quantitative estimate of drug-likeness (QED) is 0.441. The molecule has 0 saturated heterocycles. The fourth-order valence-electron chi connectivity index (χ4n) is 1.95. The van der Waals surface area contributed by atoms with Crippen LogP contribution in [0.3, 0.4) is 0 Å². The highest BCUT2D eigenvalue weighted by atomic mass is 35.5. The van der Waals surface area contributed by atoms with E-state index in [0.29, 0.717) is 15.6 Å². The molecule has 1 atom stereocenters. The topological polar surface area (TPSA) is 26.3 Å². The highest BCUT2D eigenvalue weighted by molar-refractivity contribution is 6.36. The van der Waals surface area contributed by atoms with Gasteiger partial charge in [-0.25, -0.2) is 0 Å². The third-order valence-electron chi connectivity index (χ3n) is 3.19. The van der Waals surface area contributed by atoms with Crippen LogP contribution in [-0.2, 0) is 4.74 Å². The molecule has 0 aromatic heterocycles. The zero-order chi connectivity index (χ0) is 15.0. The molecule has 1 aromatic carbocycles. The van der Waals surface area contributed by atoms with Crippen LogP contribution in [0.15, 0.2) is 18.2 Å². The SMILES string of the molecule is CCCCCCC(C)OCC(=O)c1ccc(Cl)cc1Cl. The molecule has 0 bridgehead atoms. The Hall–Kier alpha value is -0.570. The summed E-state index contributed by atoms with van der Waals surface area (Å²) < 4.78 is 5.58. The Morgan fingerprint density at radius 1 is 1.25 bits per heavy atom. The van der Waals surface area contributed by atoms with Gasteiger partial charge < -0.3 is 4.74 Å². The van der Waals surface area contributed by atoms with Crippen molar-refractivity contribution >= 4 is 29.0 Å². The van der Waals surface area contributed by atoms with Crippen LogP contribution in [0.25, 0.3) is 0 Å². The van der Waals surface area contributed by atoms with E-state index in [1.54, 1.807) is 18.2 Å². The molecule has 0 radical (unpaired) electrons. The van der Waals surface area contributed by atoms with Crippen molar-refractivity contribution in [3.63, 3.8) is 0 Å². The van der Waals surface area contributed by atoms with Crippen molar-refractivity contribution in [3.05, 3.63) is 33.8 Å². The molecule has 0 fully saturated rings. The lowest BCUT2D eigenvalue weighted by molar-refractivity contribution is 0.0483. The van der Waals surface area contributed by atoms with E-state index in [-0.39, 0.29) is 18.5 Å². The second-order valence-corrected chi connectivity index (χ2v) is 5.86. The molecule has 0 aliphatic rings. The fraction of sp³-hybridized carbons (Fsp3) is 0.562. The number of halogens is 2. The molecule has 1 aromatic rings. The van der Waals surface area contributed by atoms with E-state index in [1.807, 2.05) is 6.92 Å². The monoisotopic (exact) mass is 316 g/mol. The summed E-state index contributed by atoms with van der Waals surface area (Å²) in [5, 5.41) is 0.901. The van der Waals surface area contributed by atoms with Gasteiger partial charge in [-0.15, -0.1) is 0 Å². The maximum Gasteiger partial charge on any atom is 0.189 e. The first kappa shape index (κ1) is 17.5. The predicted octanol–water partition coefficient (Wildman–Crippen LogP) is 5.55. The van der Waals surface area contributed by atoms with Gasteiger partial charge in [-0.3, -0.25) is 4.79 Å². The molecule has 0 saturated carbocycles. The lowest BCUT2D eigenvalue weighted by atomic mass is 10.1. The minimum Gasteiger partial charge on any atom is -0.370 e. The van der Waals surface area contributed by atoms with Crippen LogP contribution < -0.4 is 0 Å². The molecule has 2 nitrogen and oxygen atoms in total. The van der Waals surface area contributed by atoms with E-state index in [4.69, 9.17) is 27.9 Å². The summed E-state index contributed by atoms with van der Waals surface area (Å²) >= 11 is 11.8. The Morgan fingerprint density at radius 3 is 2.65 bits per heavy atom. The van der Waals surface area contributed by atoms with E-state index >= 15 is 0 Å². The highest BCUT2D eigenvalue weighted by Crippen LogP contribution is 2.21. The third-order valence-corrected chi connectivity index (χ3v) is 3.74. The Kier molecular flexibility index (Phi) is 8.20. The van der Waals surface area contributed by atoms with Gasteiger partial charge in [0.15, 0.2) is 5.78 Å². The summed E-state index contributed by atoms with van der Waals surface area (Å²) in [5.41, 5.74) is 0.467. The Labute approximate surface area is 131 Å². The minimum atomic E-state index is -0.105. The smallest absolute Gasteiger partial charge is 0.189 e. The molecular formula is C16H22Cl2O2. The van der Waals surface area contributed by atoms with E-state index in [0.717, 1.165) is 12.8 Å². The van der Waals surface area contributed by atoms with Crippen molar-refractivity contribution in [2.24, 2.45) is 0 Å². The molecule has 112 valence electrons. The van der Waals surface area contributed by atoms with Crippen LogP contribution >= 0.6 is 23.2 Å². The zero-order valence-corrected chi connectivity index (χ0v) is 13.6. The zero-order valence-electron chi connectivity index (χ0n) is 12.1. The van der Waals surface area contributed by atoms with Gasteiger partial charge >= 0.3 is 0 Å². The van der Waals surface area contributed by atoms with Crippen molar-refractivity contribution in [2.75, 3.05) is 6.61 Å². The van der Waals surface area contributed by atoms with Gasteiger partial charge in [-0.05, 0) is 31.5 Å². The summed E-state index contributed by atoms with van der Waals surface area (Å²) in [4.78, 5) is 12.0. The van der Waals surface area contributed by atoms with Crippen LogP contribution in [0.2, 0.25) is 10.0 Å². The fourth-order valence-corrected chi connectivity index (χ4v) is 2.47. The summed E-state index contributed by atoms with van der Waals surface area (Å²) in [6.45, 7) is 4.26. The largest absolute Gasteiger partial charge is 0.370 e. The van der Waals surface area contributed by atoms with Gasteiger partial charge in [-0.2, -0.15) is 0 Å². The van der Waals surface area contributed by atoms with Crippen molar-refractivity contribution in [2.45, 2.75) is 52.1 Å². The summed E-state index contributed by atoms with van der Waals surface area (Å²) in [7, 11) is 0. The first-order valence-electron chi connectivity index (χ1n) is 7.14. The molecular weight excluding hydrogens is 295 g/mol. The van der Waals surface area contributed by atoms with E-state index in [2.05, 4.69) is 6.92 Å². The highest BCUT2D eigenvalue weighted by Gasteiger charge is 2.12. The number of ketones is 1. The minimum absolute atomic E-state index is 0.0658. The lowest BCUT2D eigenvalue weighted by Gasteiger charge is -2.12. The number of ether oxygens (including phenoxy) is 1. The molecule has 0 aliphatic carbocycles. The standard InChI is InChI=1S/C16H22Cl2O2/c1-3-4-5-6-7-12(2)20-11-16(19)14-9-8-13(17)10-15(14)18/h8-10,12H,3-7,11H2,1-2H3. The average Bonchev–Trinajstić information content (AvgIpc) is 2.41. The number of hydrogen-bond donors (Lipinski definition) is 0. The normalized spacial score (nSPS) is 12.4. The number of Topliss-reactive ketones (excluding diaryl/α,β-unsaturated/α-hetero) is 1. The number of carbonyl (C=O) groups is 1. The van der Waals surface area contributed by atoms with Crippen LogP contribution in [0.1, 0.15) is 56.3 Å². The van der Waals surface area contributed by atoms with Gasteiger partial charge in [0, 0.05) is 10.6 Å². The molecule has 4 heteroatoms. The molecule has 0 amide bonds. The number of carbonyl (C=O) groups excluding carboxylic acids is 1. The first-order valence-corrected chi connectivity index (χ1v) is 7.90. The predicted molar refractivity (Wildman–Crippen MR) is 85.0 cm³/mol. The maximum atomic E-state index is 12.0. The molecule has 0 spiro atoms. The van der Waals surface area contributed by atoms with Gasteiger partial charge in [0.1, 0.15) is 6.61 Å². The molecule has 0 N–H and O–H groups in total. The summed E-state index contributed by atoms with van der Waals surface area (Å²) in [6.07, 6.45) is 5.93. The van der Waals surface area contributed by atoms with Crippen molar-refractivity contribution < 1.29 is 9.53 Å². The summed E-state index contributed by atoms with van der Waals surface area (Å²) in [6, 6.07) is 4.88. The second kappa shape index (κ2) is 9.38. The number of unbranched alkanes of at least 4 members (excludes halogenated alkanes) is 3. The Balaban J connectivity index is 2.35. The first-order chi connectivity index (χ1) is 9.54. The summed E-state index contributed by atoms with van der Waals surface area (Å²) in [5.74, 6) is -0.105. The van der Waals surface area contributed by atoms with Crippen molar-refractivity contribution in [3.8, 4) is 0 Å². The molecule has 1 rings (SSSR count). The van der Waals surface area contributed by atoms with E-state index < -0.39 is 0 Å². The lowest BCUT2D eigenvalue weighted by Crippen LogP contribution is -2.16. The van der Waals surface area contributed by atoms with Gasteiger partial charge in [-0.1, -0.05) is 55.8 Å². The van der Waals surface area contributed by atoms with Crippen LogP contribution in [0, 0.1) is 0 Å². The van der Waals surface area contributed by atoms with Crippen LogP contribution in [0.4, 0.5) is 0 Å². The van der Waals surface area contributed by atoms with Gasteiger partial charge in [0.25, 0.3) is 0 Å². The van der Waals surface area contributed by atoms with Gasteiger partial charge in [0.2, 0.25) is 0 Å². The van der Waals surface area contributed by atoms with Crippen LogP contribution in [-0.4, -0.2) is 18.5 Å². The average molecular weight is 317 g/mol. The molecule has 0 aliphatic heterocycles. The third kappa shape index (κ3) is 6.25. The van der Waals surface area contributed by atoms with Crippen LogP contribution in [0.5, 0.6) is 0 Å². The van der Waals surface area contributed by atoms with Crippen molar-refractivity contribution in [1.82, 2.24) is 0 Å². The van der Waals surface area contributed by atoms with Gasteiger partial charge in [0.05, 0.1) is 11.1 Å². The number of benzene rings is 1. The molecule has 20 heavy (non-hydrogen) atoms. The second-order valence-electron chi connectivity index (χ2n) is 5.02. The number of rotatable bonds is 9. The Bertz CT molecular complexity index is 432. The molecule has 1 unspecified atom stereocenters. The number of hydrogen-bond acceptors (Lipinski definition) is 2. The Morgan fingerprint density at radius 2 is 2.00 bits per heavy atom. The molecule has 0 heterocycles. The van der Waals surface area contributed by atoms with E-state index in [1.165, 1.54) is 19.3 Å². The maximum absolute atomic E-state index is 12.0.